The van der Waals surface area contributed by atoms with Crippen LogP contribution in [-0.2, 0) is 23.0 Å². The molecule has 1 aliphatic heterocycles. The first kappa shape index (κ1) is 26.1. The van der Waals surface area contributed by atoms with E-state index in [1.54, 1.807) is 24.4 Å². The average molecular weight is 584 g/mol. The SMILES string of the molecule is CN(c1cc2oc(-c3ccc(F)cc3)c(C=O)c2cc1-c1cc2c(cn1)CCn1c-2cc2c(F)cccc21)S(C)(=O)=O. The number of aldehydes is 1. The van der Waals surface area contributed by atoms with Gasteiger partial charge in [-0.3, -0.25) is 14.1 Å². The molecule has 10 heteroatoms. The molecule has 7 nitrogen and oxygen atoms in total. The molecule has 3 aromatic heterocycles. The molecule has 0 spiro atoms. The minimum Gasteiger partial charge on any atom is -0.455 e. The number of hydrogen-bond donors (Lipinski definition) is 0. The number of hydrogen-bond acceptors (Lipinski definition) is 5. The average Bonchev–Trinajstić information content (AvgIpc) is 3.55. The largest absolute Gasteiger partial charge is 0.455 e. The van der Waals surface area contributed by atoms with E-state index in [0.29, 0.717) is 58.1 Å². The van der Waals surface area contributed by atoms with Crippen LogP contribution >= 0.6 is 0 Å². The van der Waals surface area contributed by atoms with E-state index in [1.165, 1.54) is 37.4 Å². The van der Waals surface area contributed by atoms with Gasteiger partial charge in [0.05, 0.1) is 28.7 Å². The van der Waals surface area contributed by atoms with Crippen LogP contribution < -0.4 is 4.31 Å². The van der Waals surface area contributed by atoms with Crippen LogP contribution in [0, 0.1) is 11.6 Å². The molecule has 0 atom stereocenters. The van der Waals surface area contributed by atoms with Gasteiger partial charge >= 0.3 is 0 Å². The van der Waals surface area contributed by atoms with Gasteiger partial charge in [-0.2, -0.15) is 0 Å². The quantitative estimate of drug-likeness (QED) is 0.208. The van der Waals surface area contributed by atoms with E-state index < -0.39 is 15.8 Å². The first-order chi connectivity index (χ1) is 20.1. The Morgan fingerprint density at radius 2 is 1.79 bits per heavy atom. The molecule has 0 saturated heterocycles. The summed E-state index contributed by atoms with van der Waals surface area (Å²) in [7, 11) is -2.27. The zero-order valence-electron chi connectivity index (χ0n) is 22.6. The van der Waals surface area contributed by atoms with Gasteiger partial charge in [0.2, 0.25) is 10.0 Å². The molecular weight excluding hydrogens is 560 g/mol. The number of rotatable bonds is 5. The molecule has 4 heterocycles. The molecule has 0 amide bonds. The molecule has 0 fully saturated rings. The second kappa shape index (κ2) is 9.35. The molecular formula is C32H23F2N3O4S. The lowest BCUT2D eigenvalue weighted by molar-refractivity contribution is 0.112. The Hall–Kier alpha value is -4.83. The summed E-state index contributed by atoms with van der Waals surface area (Å²) >= 11 is 0. The number of anilines is 1. The molecule has 7 rings (SSSR count). The Balaban J connectivity index is 1.47. The lowest BCUT2D eigenvalue weighted by atomic mass is 9.96. The molecule has 0 radical (unpaired) electrons. The van der Waals surface area contributed by atoms with Crippen LogP contribution in [0.25, 0.3) is 55.7 Å². The molecule has 1 aliphatic rings. The van der Waals surface area contributed by atoms with Crippen LogP contribution in [0.3, 0.4) is 0 Å². The van der Waals surface area contributed by atoms with Gasteiger partial charge in [0.15, 0.2) is 6.29 Å². The van der Waals surface area contributed by atoms with E-state index in [1.807, 2.05) is 18.2 Å². The maximum atomic E-state index is 14.7. The van der Waals surface area contributed by atoms with E-state index in [4.69, 9.17) is 9.40 Å². The minimum absolute atomic E-state index is 0.245. The second-order valence-electron chi connectivity index (χ2n) is 10.4. The monoisotopic (exact) mass is 583 g/mol. The lowest BCUT2D eigenvalue weighted by Crippen LogP contribution is -2.25. The fourth-order valence-corrected chi connectivity index (χ4v) is 6.25. The highest BCUT2D eigenvalue weighted by Gasteiger charge is 2.26. The topological polar surface area (TPSA) is 85.4 Å². The van der Waals surface area contributed by atoms with Crippen molar-refractivity contribution in [2.45, 2.75) is 13.0 Å². The first-order valence-electron chi connectivity index (χ1n) is 13.2. The van der Waals surface area contributed by atoms with E-state index in [2.05, 4.69) is 4.57 Å². The maximum Gasteiger partial charge on any atom is 0.232 e. The summed E-state index contributed by atoms with van der Waals surface area (Å²) < 4.78 is 62.9. The highest BCUT2D eigenvalue weighted by molar-refractivity contribution is 7.92. The zero-order valence-corrected chi connectivity index (χ0v) is 23.4. The molecule has 0 N–H and O–H groups in total. The number of pyridine rings is 1. The van der Waals surface area contributed by atoms with E-state index in [0.717, 1.165) is 32.9 Å². The van der Waals surface area contributed by atoms with Crippen LogP contribution in [0.15, 0.2) is 77.3 Å². The van der Waals surface area contributed by atoms with Crippen molar-refractivity contribution in [2.24, 2.45) is 0 Å². The van der Waals surface area contributed by atoms with Crippen LogP contribution in [0.5, 0.6) is 0 Å². The van der Waals surface area contributed by atoms with E-state index in [-0.39, 0.29) is 17.1 Å². The Morgan fingerprint density at radius 1 is 1.00 bits per heavy atom. The van der Waals surface area contributed by atoms with Crippen molar-refractivity contribution in [1.82, 2.24) is 9.55 Å². The smallest absolute Gasteiger partial charge is 0.232 e. The Kier molecular flexibility index (Phi) is 5.81. The molecule has 3 aromatic carbocycles. The van der Waals surface area contributed by atoms with Gasteiger partial charge in [0.25, 0.3) is 0 Å². The fraction of sp³-hybridized carbons (Fsp3) is 0.125. The van der Waals surface area contributed by atoms with Gasteiger partial charge in [-0.05, 0) is 66.6 Å². The van der Waals surface area contributed by atoms with Gasteiger partial charge < -0.3 is 8.98 Å². The third-order valence-electron chi connectivity index (χ3n) is 7.94. The first-order valence-corrected chi connectivity index (χ1v) is 15.0. The van der Waals surface area contributed by atoms with E-state index >= 15 is 0 Å². The zero-order chi connectivity index (χ0) is 29.3. The predicted octanol–water partition coefficient (Wildman–Crippen LogP) is 6.83. The third kappa shape index (κ3) is 4.01. The van der Waals surface area contributed by atoms with Crippen molar-refractivity contribution >= 4 is 43.9 Å². The van der Waals surface area contributed by atoms with Crippen molar-refractivity contribution < 1.29 is 26.4 Å². The minimum atomic E-state index is -3.70. The third-order valence-corrected chi connectivity index (χ3v) is 9.13. The van der Waals surface area contributed by atoms with Gasteiger partial charge in [0, 0.05) is 59.0 Å². The van der Waals surface area contributed by atoms with Crippen LogP contribution in [-0.4, -0.2) is 37.6 Å². The molecule has 42 heavy (non-hydrogen) atoms. The molecule has 0 aliphatic carbocycles. The standard InChI is InChI=1S/C32H23F2N3O4S/c1-36(42(2,39)40)29-15-31-22(25(17-38)32(41-31)18-6-8-20(33)9-7-18)12-24(29)27-13-21-19(16-35-27)10-11-37-28-5-3-4-26(34)23(28)14-30(21)37/h3-9,12-17H,10-11H2,1-2H3. The van der Waals surface area contributed by atoms with Crippen LogP contribution in [0.2, 0.25) is 0 Å². The Morgan fingerprint density at radius 3 is 2.52 bits per heavy atom. The molecule has 0 saturated carbocycles. The summed E-state index contributed by atoms with van der Waals surface area (Å²) in [5.74, 6) is -0.483. The normalized spacial score (nSPS) is 12.9. The van der Waals surface area contributed by atoms with Gasteiger partial charge in [-0.25, -0.2) is 17.2 Å². The van der Waals surface area contributed by atoms with Gasteiger partial charge in [-0.1, -0.05) is 6.07 Å². The number of nitrogens with zero attached hydrogens (tertiary/aromatic N) is 3. The molecule has 210 valence electrons. The maximum absolute atomic E-state index is 14.7. The number of aryl methyl sites for hydroxylation is 2. The van der Waals surface area contributed by atoms with Crippen molar-refractivity contribution in [2.75, 3.05) is 17.6 Å². The van der Waals surface area contributed by atoms with Gasteiger partial charge in [-0.15, -0.1) is 0 Å². The number of benzene rings is 3. The fourth-order valence-electron chi connectivity index (χ4n) is 5.74. The molecule has 6 aromatic rings. The highest BCUT2D eigenvalue weighted by Crippen LogP contribution is 2.42. The second-order valence-corrected chi connectivity index (χ2v) is 12.4. The Bertz CT molecular complexity index is 2180. The number of furan rings is 1. The summed E-state index contributed by atoms with van der Waals surface area (Å²) in [6.07, 6.45) is 4.22. The number of halogens is 2. The summed E-state index contributed by atoms with van der Waals surface area (Å²) in [5, 5.41) is 0.987. The summed E-state index contributed by atoms with van der Waals surface area (Å²) in [6, 6.07) is 17.5. The van der Waals surface area contributed by atoms with Crippen molar-refractivity contribution in [1.29, 1.82) is 0 Å². The number of sulfonamides is 1. The van der Waals surface area contributed by atoms with Crippen molar-refractivity contribution in [3.05, 3.63) is 95.7 Å². The van der Waals surface area contributed by atoms with Gasteiger partial charge in [0.1, 0.15) is 23.0 Å². The number of carbonyl (C=O) groups excluding carboxylic acids is 1. The highest BCUT2D eigenvalue weighted by atomic mass is 32.2. The van der Waals surface area contributed by atoms with Crippen molar-refractivity contribution in [3.8, 4) is 33.8 Å². The summed E-state index contributed by atoms with van der Waals surface area (Å²) in [6.45, 7) is 0.675. The van der Waals surface area contributed by atoms with E-state index in [9.17, 15) is 22.0 Å². The van der Waals surface area contributed by atoms with Crippen LogP contribution in [0.1, 0.15) is 15.9 Å². The number of carbonyl (C=O) groups is 1. The van der Waals surface area contributed by atoms with Crippen LogP contribution in [0.4, 0.5) is 14.5 Å². The number of fused-ring (bicyclic) bond motifs is 6. The Labute approximate surface area is 239 Å². The summed E-state index contributed by atoms with van der Waals surface area (Å²) in [4.78, 5) is 17.0. The predicted molar refractivity (Wildman–Crippen MR) is 158 cm³/mol. The lowest BCUT2D eigenvalue weighted by Gasteiger charge is -2.23. The molecule has 0 bridgehead atoms. The van der Waals surface area contributed by atoms with Crippen molar-refractivity contribution in [3.63, 3.8) is 0 Å². The summed E-state index contributed by atoms with van der Waals surface area (Å²) in [5.41, 5.74) is 5.78. The molecule has 0 unspecified atom stereocenters. The number of aromatic nitrogens is 2.